The van der Waals surface area contributed by atoms with Gasteiger partial charge in [0.05, 0.1) is 5.69 Å². The lowest BCUT2D eigenvalue weighted by Crippen LogP contribution is -2.20. The molecule has 90 valence electrons. The number of benzene rings is 1. The molecule has 0 amide bonds. The van der Waals surface area contributed by atoms with Crippen molar-refractivity contribution >= 4 is 27.3 Å². The van der Waals surface area contributed by atoms with Gasteiger partial charge in [-0.1, -0.05) is 0 Å². The maximum Gasteiger partial charge on any atom is 0.0512 e. The van der Waals surface area contributed by atoms with E-state index in [-0.39, 0.29) is 0 Å². The van der Waals surface area contributed by atoms with Crippen molar-refractivity contribution in [2.45, 2.75) is 13.3 Å². The predicted octanol–water partition coefficient (Wildman–Crippen LogP) is 2.81. The summed E-state index contributed by atoms with van der Waals surface area (Å²) in [6.45, 7) is 3.78. The third-order valence-electron chi connectivity index (χ3n) is 2.59. The van der Waals surface area contributed by atoms with Crippen LogP contribution >= 0.6 is 15.9 Å². The molecule has 3 nitrogen and oxygen atoms in total. The molecular formula is C12H19BrN2O. The van der Waals surface area contributed by atoms with Crippen molar-refractivity contribution in [2.75, 3.05) is 37.9 Å². The van der Waals surface area contributed by atoms with Gasteiger partial charge in [0.1, 0.15) is 0 Å². The van der Waals surface area contributed by atoms with Crippen molar-refractivity contribution in [1.82, 2.24) is 0 Å². The maximum absolute atomic E-state index is 5.84. The Morgan fingerprint density at radius 1 is 1.44 bits per heavy atom. The number of ether oxygens (including phenoxy) is 1. The molecule has 0 bridgehead atoms. The quantitative estimate of drug-likeness (QED) is 0.668. The molecule has 16 heavy (non-hydrogen) atoms. The highest BCUT2D eigenvalue weighted by Crippen LogP contribution is 2.30. The van der Waals surface area contributed by atoms with E-state index in [9.17, 15) is 0 Å². The van der Waals surface area contributed by atoms with Gasteiger partial charge >= 0.3 is 0 Å². The Bertz CT molecular complexity index is 355. The summed E-state index contributed by atoms with van der Waals surface area (Å²) in [4.78, 5) is 2.20. The summed E-state index contributed by atoms with van der Waals surface area (Å²) in [6, 6.07) is 4.06. The molecule has 0 saturated carbocycles. The molecule has 0 heterocycles. The minimum absolute atomic E-state index is 0.788. The van der Waals surface area contributed by atoms with Crippen molar-refractivity contribution in [3.8, 4) is 0 Å². The highest BCUT2D eigenvalue weighted by Gasteiger charge is 2.07. The second kappa shape index (κ2) is 6.11. The first-order valence-corrected chi connectivity index (χ1v) is 6.11. The Kier molecular flexibility index (Phi) is 5.09. The van der Waals surface area contributed by atoms with Crippen LogP contribution in [0.15, 0.2) is 16.6 Å². The first-order valence-electron chi connectivity index (χ1n) is 5.32. The van der Waals surface area contributed by atoms with Crippen molar-refractivity contribution in [3.05, 3.63) is 22.2 Å². The van der Waals surface area contributed by atoms with E-state index in [1.807, 2.05) is 13.0 Å². The monoisotopic (exact) mass is 286 g/mol. The highest BCUT2D eigenvalue weighted by atomic mass is 79.9. The highest BCUT2D eigenvalue weighted by molar-refractivity contribution is 9.10. The van der Waals surface area contributed by atoms with E-state index in [0.29, 0.717) is 0 Å². The van der Waals surface area contributed by atoms with Crippen molar-refractivity contribution in [3.63, 3.8) is 0 Å². The zero-order valence-corrected chi connectivity index (χ0v) is 11.7. The van der Waals surface area contributed by atoms with E-state index in [1.165, 1.54) is 5.69 Å². The maximum atomic E-state index is 5.84. The summed E-state index contributed by atoms with van der Waals surface area (Å²) >= 11 is 3.54. The van der Waals surface area contributed by atoms with Crippen LogP contribution < -0.4 is 10.6 Å². The third-order valence-corrected chi connectivity index (χ3v) is 3.22. The number of nitrogen functional groups attached to an aromatic ring is 1. The van der Waals surface area contributed by atoms with Crippen LogP contribution in [0.4, 0.5) is 11.4 Å². The van der Waals surface area contributed by atoms with Gasteiger partial charge in [0.2, 0.25) is 0 Å². The molecule has 0 aromatic heterocycles. The van der Waals surface area contributed by atoms with E-state index in [0.717, 1.165) is 35.3 Å². The molecule has 0 aliphatic heterocycles. The van der Waals surface area contributed by atoms with Gasteiger partial charge in [-0.15, -0.1) is 0 Å². The molecule has 0 aliphatic carbocycles. The predicted molar refractivity (Wildman–Crippen MR) is 73.1 cm³/mol. The van der Waals surface area contributed by atoms with Gasteiger partial charge in [0.15, 0.2) is 0 Å². The van der Waals surface area contributed by atoms with Gasteiger partial charge < -0.3 is 15.4 Å². The lowest BCUT2D eigenvalue weighted by Gasteiger charge is -2.21. The average Bonchev–Trinajstić information content (AvgIpc) is 2.23. The number of aryl methyl sites for hydroxylation is 1. The molecule has 0 aliphatic rings. The number of anilines is 2. The number of hydrogen-bond donors (Lipinski definition) is 1. The van der Waals surface area contributed by atoms with Crippen LogP contribution in [0.5, 0.6) is 0 Å². The SMILES string of the molecule is COCCCN(C)c1cc(C)c(N)cc1Br. The molecule has 1 rings (SSSR count). The molecule has 0 saturated heterocycles. The summed E-state index contributed by atoms with van der Waals surface area (Å²) < 4.78 is 6.08. The van der Waals surface area contributed by atoms with E-state index in [4.69, 9.17) is 10.5 Å². The molecule has 0 radical (unpaired) electrons. The van der Waals surface area contributed by atoms with Gasteiger partial charge in [0.25, 0.3) is 0 Å². The summed E-state index contributed by atoms with van der Waals surface area (Å²) in [5.74, 6) is 0. The van der Waals surface area contributed by atoms with Crippen LogP contribution in [0.2, 0.25) is 0 Å². The molecule has 0 spiro atoms. The Balaban J connectivity index is 2.75. The van der Waals surface area contributed by atoms with Crippen molar-refractivity contribution < 1.29 is 4.74 Å². The summed E-state index contributed by atoms with van der Waals surface area (Å²) in [5, 5.41) is 0. The lowest BCUT2D eigenvalue weighted by atomic mass is 10.1. The van der Waals surface area contributed by atoms with E-state index in [1.54, 1.807) is 7.11 Å². The Labute approximate surface area is 106 Å². The molecular weight excluding hydrogens is 268 g/mol. The van der Waals surface area contributed by atoms with Crippen molar-refractivity contribution in [2.24, 2.45) is 0 Å². The smallest absolute Gasteiger partial charge is 0.0512 e. The van der Waals surface area contributed by atoms with Crippen LogP contribution in [-0.4, -0.2) is 27.3 Å². The largest absolute Gasteiger partial charge is 0.398 e. The summed E-state index contributed by atoms with van der Waals surface area (Å²) in [6.07, 6.45) is 1.02. The van der Waals surface area contributed by atoms with Gasteiger partial charge in [-0.3, -0.25) is 0 Å². The van der Waals surface area contributed by atoms with E-state index in [2.05, 4.69) is 33.9 Å². The van der Waals surface area contributed by atoms with Crippen LogP contribution in [0.25, 0.3) is 0 Å². The normalized spacial score (nSPS) is 10.5. The minimum Gasteiger partial charge on any atom is -0.398 e. The first-order chi connectivity index (χ1) is 7.56. The van der Waals surface area contributed by atoms with Gasteiger partial charge in [-0.2, -0.15) is 0 Å². The van der Waals surface area contributed by atoms with Crippen LogP contribution in [0, 0.1) is 6.92 Å². The fraction of sp³-hybridized carbons (Fsp3) is 0.500. The number of rotatable bonds is 5. The van der Waals surface area contributed by atoms with Gasteiger partial charge in [0, 0.05) is 37.5 Å². The summed E-state index contributed by atoms with van der Waals surface area (Å²) in [7, 11) is 3.80. The topological polar surface area (TPSA) is 38.5 Å². The zero-order valence-electron chi connectivity index (χ0n) is 10.1. The second-order valence-electron chi connectivity index (χ2n) is 3.93. The van der Waals surface area contributed by atoms with Gasteiger partial charge in [-0.25, -0.2) is 0 Å². The number of halogens is 1. The van der Waals surface area contributed by atoms with Gasteiger partial charge in [-0.05, 0) is 47.0 Å². The molecule has 1 aromatic carbocycles. The number of nitrogens with two attached hydrogens (primary N) is 1. The Morgan fingerprint density at radius 3 is 2.75 bits per heavy atom. The lowest BCUT2D eigenvalue weighted by molar-refractivity contribution is 0.196. The Morgan fingerprint density at radius 2 is 2.12 bits per heavy atom. The number of nitrogens with zero attached hydrogens (tertiary/aromatic N) is 1. The summed E-state index contributed by atoms with van der Waals surface area (Å²) in [5.41, 5.74) is 8.94. The number of methoxy groups -OCH3 is 1. The molecule has 4 heteroatoms. The number of hydrogen-bond acceptors (Lipinski definition) is 3. The van der Waals surface area contributed by atoms with Crippen LogP contribution in [-0.2, 0) is 4.74 Å². The molecule has 2 N–H and O–H groups in total. The van der Waals surface area contributed by atoms with E-state index < -0.39 is 0 Å². The molecule has 1 aromatic rings. The third kappa shape index (κ3) is 3.39. The van der Waals surface area contributed by atoms with Crippen molar-refractivity contribution in [1.29, 1.82) is 0 Å². The Hall–Kier alpha value is -0.740. The average molecular weight is 287 g/mol. The van der Waals surface area contributed by atoms with Crippen LogP contribution in [0.3, 0.4) is 0 Å². The molecule has 0 fully saturated rings. The molecule has 0 atom stereocenters. The first kappa shape index (κ1) is 13.3. The second-order valence-corrected chi connectivity index (χ2v) is 4.78. The fourth-order valence-corrected chi connectivity index (χ4v) is 2.20. The molecule has 0 unspecified atom stereocenters. The van der Waals surface area contributed by atoms with E-state index >= 15 is 0 Å². The zero-order chi connectivity index (χ0) is 12.1. The fourth-order valence-electron chi connectivity index (χ4n) is 1.54. The standard InChI is InChI=1S/C12H19BrN2O/c1-9-7-12(10(13)8-11(9)14)15(2)5-4-6-16-3/h7-8H,4-6,14H2,1-3H3. The minimum atomic E-state index is 0.788. The van der Waals surface area contributed by atoms with Crippen LogP contribution in [0.1, 0.15) is 12.0 Å².